The zero-order valence-corrected chi connectivity index (χ0v) is 12.5. The van der Waals surface area contributed by atoms with Crippen LogP contribution in [0.2, 0.25) is 10.0 Å². The molecule has 2 aromatic rings. The molecule has 0 aliphatic heterocycles. The second-order valence-corrected chi connectivity index (χ2v) is 5.38. The van der Waals surface area contributed by atoms with Crippen molar-refractivity contribution in [3.63, 3.8) is 0 Å². The number of rotatable bonds is 2. The maximum Gasteiger partial charge on any atom is 0.258 e. The Bertz CT molecular complexity index is 649. The number of carbonyl (C=O) groups excluding carboxylic acids is 1. The molecule has 2 aromatic carbocycles. The van der Waals surface area contributed by atoms with Crippen LogP contribution in [0.4, 0.5) is 10.1 Å². The van der Waals surface area contributed by atoms with Crippen LogP contribution in [0.1, 0.15) is 10.4 Å². The molecule has 0 spiro atoms. The van der Waals surface area contributed by atoms with Gasteiger partial charge in [0.15, 0.2) is 0 Å². The zero-order valence-electron chi connectivity index (χ0n) is 9.38. The van der Waals surface area contributed by atoms with Crippen LogP contribution in [0.25, 0.3) is 0 Å². The van der Waals surface area contributed by atoms with Gasteiger partial charge >= 0.3 is 0 Å². The van der Waals surface area contributed by atoms with Gasteiger partial charge in [0.1, 0.15) is 5.82 Å². The SMILES string of the molecule is O=C(Nc1ccc(Cl)cc1Cl)c1cccc(Br)c1F. The van der Waals surface area contributed by atoms with E-state index in [0.29, 0.717) is 10.7 Å². The van der Waals surface area contributed by atoms with Crippen LogP contribution in [-0.2, 0) is 0 Å². The highest BCUT2D eigenvalue weighted by molar-refractivity contribution is 9.10. The molecule has 0 saturated carbocycles. The molecule has 1 amide bonds. The number of anilines is 1. The molecule has 0 saturated heterocycles. The molecule has 0 radical (unpaired) electrons. The standard InChI is InChI=1S/C13H7BrCl2FNO/c14-9-3-1-2-8(12(9)17)13(19)18-11-5-4-7(15)6-10(11)16/h1-6H,(H,18,19). The molecule has 19 heavy (non-hydrogen) atoms. The van der Waals surface area contributed by atoms with E-state index in [2.05, 4.69) is 21.2 Å². The summed E-state index contributed by atoms with van der Waals surface area (Å²) < 4.78 is 14.0. The van der Waals surface area contributed by atoms with E-state index < -0.39 is 11.7 Å². The third-order valence-electron chi connectivity index (χ3n) is 2.38. The maximum atomic E-state index is 13.8. The summed E-state index contributed by atoms with van der Waals surface area (Å²) in [4.78, 5) is 12.0. The molecule has 0 unspecified atom stereocenters. The quantitative estimate of drug-likeness (QED) is 0.786. The molecular formula is C13H7BrCl2FNO. The number of hydrogen-bond donors (Lipinski definition) is 1. The van der Waals surface area contributed by atoms with Crippen LogP contribution in [0.15, 0.2) is 40.9 Å². The molecule has 0 atom stereocenters. The molecule has 0 bridgehead atoms. The van der Waals surface area contributed by atoms with Crippen molar-refractivity contribution in [2.24, 2.45) is 0 Å². The fourth-order valence-electron chi connectivity index (χ4n) is 1.46. The van der Waals surface area contributed by atoms with Crippen molar-refractivity contribution >= 4 is 50.7 Å². The van der Waals surface area contributed by atoms with Gasteiger partial charge in [0.25, 0.3) is 5.91 Å². The summed E-state index contributed by atoms with van der Waals surface area (Å²) in [7, 11) is 0. The molecule has 98 valence electrons. The van der Waals surface area contributed by atoms with Crippen LogP contribution >= 0.6 is 39.1 Å². The van der Waals surface area contributed by atoms with E-state index in [0.717, 1.165) is 0 Å². The summed E-state index contributed by atoms with van der Waals surface area (Å²) in [6.45, 7) is 0. The number of carbonyl (C=O) groups is 1. The van der Waals surface area contributed by atoms with Crippen LogP contribution < -0.4 is 5.32 Å². The Morgan fingerprint density at radius 2 is 1.95 bits per heavy atom. The summed E-state index contributed by atoms with van der Waals surface area (Å²) in [5.41, 5.74) is 0.302. The molecule has 2 nitrogen and oxygen atoms in total. The normalized spacial score (nSPS) is 10.3. The number of amides is 1. The van der Waals surface area contributed by atoms with Crippen molar-refractivity contribution in [1.29, 1.82) is 0 Å². The fraction of sp³-hybridized carbons (Fsp3) is 0. The average Bonchev–Trinajstić information content (AvgIpc) is 2.36. The third-order valence-corrected chi connectivity index (χ3v) is 3.54. The Hall–Kier alpha value is -1.10. The van der Waals surface area contributed by atoms with Gasteiger partial charge in [-0.1, -0.05) is 29.3 Å². The third kappa shape index (κ3) is 3.26. The molecule has 0 aliphatic rings. The highest BCUT2D eigenvalue weighted by Gasteiger charge is 2.15. The zero-order chi connectivity index (χ0) is 14.0. The van der Waals surface area contributed by atoms with Gasteiger partial charge < -0.3 is 5.32 Å². The largest absolute Gasteiger partial charge is 0.321 e. The van der Waals surface area contributed by atoms with E-state index >= 15 is 0 Å². The summed E-state index contributed by atoms with van der Waals surface area (Å²) in [5, 5.41) is 3.27. The first-order chi connectivity index (χ1) is 8.99. The van der Waals surface area contributed by atoms with Gasteiger partial charge in [0, 0.05) is 5.02 Å². The van der Waals surface area contributed by atoms with Crippen molar-refractivity contribution in [3.8, 4) is 0 Å². The van der Waals surface area contributed by atoms with Crippen molar-refractivity contribution in [3.05, 3.63) is 62.3 Å². The fourth-order valence-corrected chi connectivity index (χ4v) is 2.28. The predicted molar refractivity (Wildman–Crippen MR) is 78.5 cm³/mol. The highest BCUT2D eigenvalue weighted by Crippen LogP contribution is 2.26. The Morgan fingerprint density at radius 3 is 2.63 bits per heavy atom. The minimum absolute atomic E-state index is 0.0691. The molecule has 0 fully saturated rings. The highest BCUT2D eigenvalue weighted by atomic mass is 79.9. The van der Waals surface area contributed by atoms with Gasteiger partial charge in [0.2, 0.25) is 0 Å². The van der Waals surface area contributed by atoms with Gasteiger partial charge in [0.05, 0.1) is 20.7 Å². The number of benzene rings is 2. The number of hydrogen-bond acceptors (Lipinski definition) is 1. The first-order valence-electron chi connectivity index (χ1n) is 5.19. The van der Waals surface area contributed by atoms with E-state index in [1.165, 1.54) is 18.2 Å². The Balaban J connectivity index is 2.28. The smallest absolute Gasteiger partial charge is 0.258 e. The van der Waals surface area contributed by atoms with Gasteiger partial charge in [-0.25, -0.2) is 4.39 Å². The van der Waals surface area contributed by atoms with Gasteiger partial charge in [-0.3, -0.25) is 4.79 Å². The van der Waals surface area contributed by atoms with E-state index in [1.807, 2.05) is 0 Å². The van der Waals surface area contributed by atoms with Crippen LogP contribution in [0.3, 0.4) is 0 Å². The van der Waals surface area contributed by atoms with Gasteiger partial charge in [-0.15, -0.1) is 0 Å². The molecule has 0 aromatic heterocycles. The first kappa shape index (κ1) is 14.3. The van der Waals surface area contributed by atoms with E-state index in [4.69, 9.17) is 23.2 Å². The van der Waals surface area contributed by atoms with Gasteiger partial charge in [-0.05, 0) is 46.3 Å². The Kier molecular flexibility index (Phi) is 4.45. The minimum atomic E-state index is -0.620. The lowest BCUT2D eigenvalue weighted by atomic mass is 10.2. The Labute approximate surface area is 127 Å². The lowest BCUT2D eigenvalue weighted by molar-refractivity contribution is 0.102. The summed E-state index contributed by atoms with van der Waals surface area (Å²) in [6.07, 6.45) is 0. The average molecular weight is 363 g/mol. The Morgan fingerprint density at radius 1 is 1.21 bits per heavy atom. The lowest BCUT2D eigenvalue weighted by Gasteiger charge is -2.08. The second-order valence-electron chi connectivity index (χ2n) is 3.68. The number of halogens is 4. The molecule has 0 aliphatic carbocycles. The maximum absolute atomic E-state index is 13.8. The monoisotopic (exact) mass is 361 g/mol. The second kappa shape index (κ2) is 5.90. The van der Waals surface area contributed by atoms with Crippen LogP contribution in [-0.4, -0.2) is 5.91 Å². The van der Waals surface area contributed by atoms with Gasteiger partial charge in [-0.2, -0.15) is 0 Å². The molecule has 1 N–H and O–H groups in total. The molecule has 6 heteroatoms. The minimum Gasteiger partial charge on any atom is -0.321 e. The lowest BCUT2D eigenvalue weighted by Crippen LogP contribution is -2.14. The summed E-state index contributed by atoms with van der Waals surface area (Å²) in [5.74, 6) is -1.20. The summed E-state index contributed by atoms with van der Waals surface area (Å²) >= 11 is 14.7. The molecular weight excluding hydrogens is 356 g/mol. The predicted octanol–water partition coefficient (Wildman–Crippen LogP) is 5.15. The van der Waals surface area contributed by atoms with Crippen molar-refractivity contribution in [2.45, 2.75) is 0 Å². The summed E-state index contributed by atoms with van der Waals surface area (Å²) in [6, 6.07) is 9.11. The van der Waals surface area contributed by atoms with E-state index in [9.17, 15) is 9.18 Å². The van der Waals surface area contributed by atoms with Crippen molar-refractivity contribution in [2.75, 3.05) is 5.32 Å². The van der Waals surface area contributed by atoms with E-state index in [-0.39, 0.29) is 15.1 Å². The molecule has 2 rings (SSSR count). The van der Waals surface area contributed by atoms with E-state index in [1.54, 1.807) is 18.2 Å². The number of nitrogens with one attached hydrogen (secondary N) is 1. The topological polar surface area (TPSA) is 29.1 Å². The van der Waals surface area contributed by atoms with Crippen LogP contribution in [0, 0.1) is 5.82 Å². The van der Waals surface area contributed by atoms with Crippen molar-refractivity contribution in [1.82, 2.24) is 0 Å². The van der Waals surface area contributed by atoms with Crippen LogP contribution in [0.5, 0.6) is 0 Å². The van der Waals surface area contributed by atoms with Crippen molar-refractivity contribution < 1.29 is 9.18 Å². The first-order valence-corrected chi connectivity index (χ1v) is 6.74. The molecule has 0 heterocycles.